The van der Waals surface area contributed by atoms with E-state index in [9.17, 15) is 4.57 Å². The molecule has 0 radical (unpaired) electrons. The molecule has 0 aliphatic rings. The second kappa shape index (κ2) is 15.1. The van der Waals surface area contributed by atoms with Gasteiger partial charge in [0.1, 0.15) is 0 Å². The average Bonchev–Trinajstić information content (AvgIpc) is 2.93. The van der Waals surface area contributed by atoms with E-state index in [2.05, 4.69) is 91.9 Å². The molecule has 3 rings (SSSR count). The van der Waals surface area contributed by atoms with Gasteiger partial charge in [0, 0.05) is 0 Å². The van der Waals surface area contributed by atoms with Gasteiger partial charge in [-0.25, -0.2) is 0 Å². The average molecular weight is 521 g/mol. The van der Waals surface area contributed by atoms with Crippen LogP contribution in [-0.4, -0.2) is 32.1 Å². The number of benzene rings is 3. The van der Waals surface area contributed by atoms with Gasteiger partial charge < -0.3 is 13.8 Å². The lowest BCUT2D eigenvalue weighted by Gasteiger charge is -2.23. The van der Waals surface area contributed by atoms with Gasteiger partial charge >= 0.3 is 7.60 Å². The lowest BCUT2D eigenvalue weighted by atomic mass is 9.87. The Morgan fingerprint density at radius 1 is 0.757 bits per heavy atom. The number of hydrogen-bond donors (Lipinski definition) is 0. The first-order chi connectivity index (χ1) is 18.0. The Kier molecular flexibility index (Phi) is 11.8. The predicted octanol–water partition coefficient (Wildman–Crippen LogP) is 8.66. The van der Waals surface area contributed by atoms with Gasteiger partial charge in [0.2, 0.25) is 0 Å². The molecular formula is C32H41O4P. The van der Waals surface area contributed by atoms with Crippen LogP contribution in [0.1, 0.15) is 62.8 Å². The maximum atomic E-state index is 12.9. The lowest BCUT2D eigenvalue weighted by molar-refractivity contribution is 0.125. The van der Waals surface area contributed by atoms with Crippen molar-refractivity contribution in [3.63, 3.8) is 0 Å². The van der Waals surface area contributed by atoms with Crippen molar-refractivity contribution in [1.82, 2.24) is 0 Å². The summed E-state index contributed by atoms with van der Waals surface area (Å²) in [5.41, 5.74) is 7.27. The van der Waals surface area contributed by atoms with Crippen LogP contribution >= 0.6 is 7.60 Å². The highest BCUT2D eigenvalue weighted by Gasteiger charge is 2.31. The Labute approximate surface area is 223 Å². The van der Waals surface area contributed by atoms with E-state index in [0.29, 0.717) is 26.4 Å². The van der Waals surface area contributed by atoms with Crippen LogP contribution in [0.5, 0.6) is 0 Å². The highest BCUT2D eigenvalue weighted by molar-refractivity contribution is 7.54. The van der Waals surface area contributed by atoms with Crippen LogP contribution in [0.2, 0.25) is 0 Å². The van der Waals surface area contributed by atoms with Crippen LogP contribution < -0.4 is 0 Å². The van der Waals surface area contributed by atoms with Gasteiger partial charge in [-0.15, -0.1) is 0 Å². The van der Waals surface area contributed by atoms with E-state index in [1.54, 1.807) is 0 Å². The van der Waals surface area contributed by atoms with Crippen molar-refractivity contribution in [3.8, 4) is 0 Å². The zero-order chi connectivity index (χ0) is 26.5. The van der Waals surface area contributed by atoms with Crippen molar-refractivity contribution in [1.29, 1.82) is 0 Å². The summed E-state index contributed by atoms with van der Waals surface area (Å²) in [5.74, 6) is 0. The standard InChI is InChI=1S/C32H41O4P/c1-5-14-31(28-15-10-8-11-16-28)32(29-17-12-9-13-18-29)30-21-19-27(20-22-30)23-24-34-25-26(4)37(33,35-6-2)36-7-3/h8-13,15-22,26H,5-7,14,23-25H2,1-4H3/b32-31-. The Bertz CT molecular complexity index is 1130. The summed E-state index contributed by atoms with van der Waals surface area (Å²) in [7, 11) is -3.14. The Morgan fingerprint density at radius 2 is 1.30 bits per heavy atom. The summed E-state index contributed by atoms with van der Waals surface area (Å²) in [6.07, 6.45) is 2.87. The van der Waals surface area contributed by atoms with Crippen molar-refractivity contribution in [3.05, 3.63) is 107 Å². The number of allylic oxidation sites excluding steroid dienone is 1. The number of ether oxygens (including phenoxy) is 1. The molecule has 3 aromatic rings. The van der Waals surface area contributed by atoms with Crippen LogP contribution in [0, 0.1) is 0 Å². The molecule has 0 saturated carbocycles. The quantitative estimate of drug-likeness (QED) is 0.114. The van der Waals surface area contributed by atoms with E-state index in [1.807, 2.05) is 20.8 Å². The smallest absolute Gasteiger partial charge is 0.335 e. The van der Waals surface area contributed by atoms with E-state index in [4.69, 9.17) is 13.8 Å². The molecule has 1 unspecified atom stereocenters. The van der Waals surface area contributed by atoms with Gasteiger partial charge in [0.05, 0.1) is 32.1 Å². The topological polar surface area (TPSA) is 44.8 Å². The summed E-state index contributed by atoms with van der Waals surface area (Å²) in [4.78, 5) is 0. The Hall–Kier alpha value is -2.49. The summed E-state index contributed by atoms with van der Waals surface area (Å²) < 4.78 is 29.6. The third-order valence-corrected chi connectivity index (χ3v) is 8.75. The van der Waals surface area contributed by atoms with Crippen LogP contribution in [-0.2, 0) is 24.8 Å². The van der Waals surface area contributed by atoms with E-state index < -0.39 is 7.60 Å². The molecule has 0 bridgehead atoms. The van der Waals surface area contributed by atoms with Gasteiger partial charge in [0.25, 0.3) is 0 Å². The molecule has 0 N–H and O–H groups in total. The minimum Gasteiger partial charge on any atom is -0.380 e. The zero-order valence-corrected chi connectivity index (χ0v) is 23.6. The lowest BCUT2D eigenvalue weighted by Crippen LogP contribution is -2.17. The summed E-state index contributed by atoms with van der Waals surface area (Å²) >= 11 is 0. The molecule has 0 saturated heterocycles. The first-order valence-electron chi connectivity index (χ1n) is 13.4. The maximum absolute atomic E-state index is 12.9. The van der Waals surface area contributed by atoms with Gasteiger partial charge in [-0.05, 0) is 67.0 Å². The molecule has 198 valence electrons. The minimum absolute atomic E-state index is 0.302. The van der Waals surface area contributed by atoms with Gasteiger partial charge in [0.15, 0.2) is 0 Å². The molecule has 0 heterocycles. The maximum Gasteiger partial charge on any atom is 0.335 e. The predicted molar refractivity (Wildman–Crippen MR) is 155 cm³/mol. The molecular weight excluding hydrogens is 479 g/mol. The summed E-state index contributed by atoms with van der Waals surface area (Å²) in [6, 6.07) is 30.2. The van der Waals surface area contributed by atoms with E-state index in [0.717, 1.165) is 19.3 Å². The van der Waals surface area contributed by atoms with Crippen molar-refractivity contribution in [2.45, 2.75) is 52.6 Å². The Morgan fingerprint density at radius 3 is 1.84 bits per heavy atom. The zero-order valence-electron chi connectivity index (χ0n) is 22.7. The fourth-order valence-corrected chi connectivity index (χ4v) is 6.04. The van der Waals surface area contributed by atoms with E-state index >= 15 is 0 Å². The van der Waals surface area contributed by atoms with Crippen molar-refractivity contribution in [2.75, 3.05) is 26.4 Å². The largest absolute Gasteiger partial charge is 0.380 e. The third kappa shape index (κ3) is 8.25. The highest BCUT2D eigenvalue weighted by Crippen LogP contribution is 2.52. The van der Waals surface area contributed by atoms with Crippen molar-refractivity contribution >= 4 is 18.7 Å². The summed E-state index contributed by atoms with van der Waals surface area (Å²) in [6.45, 7) is 9.35. The second-order valence-corrected chi connectivity index (χ2v) is 11.6. The molecule has 0 fully saturated rings. The highest BCUT2D eigenvalue weighted by atomic mass is 31.2. The summed E-state index contributed by atoms with van der Waals surface area (Å²) in [5, 5.41) is 0. The van der Waals surface area contributed by atoms with Crippen LogP contribution in [0.15, 0.2) is 84.9 Å². The molecule has 0 spiro atoms. The molecule has 0 aromatic heterocycles. The molecule has 0 amide bonds. The molecule has 0 aliphatic heterocycles. The molecule has 37 heavy (non-hydrogen) atoms. The normalized spacial score (nSPS) is 13.3. The van der Waals surface area contributed by atoms with Crippen LogP contribution in [0.4, 0.5) is 0 Å². The minimum atomic E-state index is -3.14. The first kappa shape index (κ1) is 29.1. The van der Waals surface area contributed by atoms with Crippen LogP contribution in [0.3, 0.4) is 0 Å². The SMILES string of the molecule is CCC/C(=C(\c1ccccc1)c1ccc(CCOCC(C)P(=O)(OCC)OCC)cc1)c1ccccc1. The first-order valence-corrected chi connectivity index (χ1v) is 15.0. The molecule has 5 heteroatoms. The van der Waals surface area contributed by atoms with E-state index in [-0.39, 0.29) is 5.66 Å². The van der Waals surface area contributed by atoms with Crippen molar-refractivity contribution < 1.29 is 18.3 Å². The fraction of sp³-hybridized carbons (Fsp3) is 0.375. The van der Waals surface area contributed by atoms with Gasteiger partial charge in [-0.1, -0.05) is 98.3 Å². The molecule has 0 aliphatic carbocycles. The molecule has 3 aromatic carbocycles. The van der Waals surface area contributed by atoms with Gasteiger partial charge in [-0.3, -0.25) is 4.57 Å². The molecule has 4 nitrogen and oxygen atoms in total. The monoisotopic (exact) mass is 520 g/mol. The van der Waals surface area contributed by atoms with E-state index in [1.165, 1.54) is 33.4 Å². The number of rotatable bonds is 15. The molecule has 1 atom stereocenters. The Balaban J connectivity index is 1.75. The van der Waals surface area contributed by atoms with Crippen LogP contribution in [0.25, 0.3) is 11.1 Å². The number of hydrogen-bond acceptors (Lipinski definition) is 4. The third-order valence-electron chi connectivity index (χ3n) is 6.28. The fourth-order valence-electron chi connectivity index (χ4n) is 4.45. The second-order valence-electron chi connectivity index (χ2n) is 9.08. The van der Waals surface area contributed by atoms with Gasteiger partial charge in [-0.2, -0.15) is 0 Å². The van der Waals surface area contributed by atoms with Crippen molar-refractivity contribution in [2.24, 2.45) is 0 Å².